The number of ether oxygens (including phenoxy) is 2. The summed E-state index contributed by atoms with van der Waals surface area (Å²) in [6.45, 7) is 8.58. The van der Waals surface area contributed by atoms with Crippen molar-refractivity contribution in [2.24, 2.45) is 5.92 Å². The van der Waals surface area contributed by atoms with Crippen LogP contribution in [0.1, 0.15) is 43.7 Å². The van der Waals surface area contributed by atoms with E-state index in [1.165, 1.54) is 5.56 Å². The van der Waals surface area contributed by atoms with Crippen LogP contribution in [0, 0.1) is 5.92 Å². The van der Waals surface area contributed by atoms with Gasteiger partial charge >= 0.3 is 0 Å². The summed E-state index contributed by atoms with van der Waals surface area (Å²) in [6.07, 6.45) is 1.69. The van der Waals surface area contributed by atoms with Gasteiger partial charge in [-0.2, -0.15) is 0 Å². The van der Waals surface area contributed by atoms with E-state index in [1.54, 1.807) is 7.11 Å². The van der Waals surface area contributed by atoms with E-state index < -0.39 is 5.60 Å². The molecule has 166 valence electrons. The Morgan fingerprint density at radius 1 is 1.03 bits per heavy atom. The maximum atomic E-state index is 12.2. The quantitative estimate of drug-likeness (QED) is 0.651. The van der Waals surface area contributed by atoms with Crippen molar-refractivity contribution in [3.05, 3.63) is 65.7 Å². The highest BCUT2D eigenvalue weighted by molar-refractivity contribution is 5.35. The number of benzene rings is 2. The topological polar surface area (TPSA) is 41.9 Å². The number of morpholine rings is 1. The Labute approximate surface area is 187 Å². The van der Waals surface area contributed by atoms with E-state index in [9.17, 15) is 5.11 Å². The van der Waals surface area contributed by atoms with Crippen molar-refractivity contribution in [3.8, 4) is 5.75 Å². The minimum absolute atomic E-state index is 0. The molecule has 0 bridgehead atoms. The zero-order valence-corrected chi connectivity index (χ0v) is 19.1. The van der Waals surface area contributed by atoms with E-state index in [4.69, 9.17) is 9.47 Å². The van der Waals surface area contributed by atoms with E-state index in [1.807, 2.05) is 30.3 Å². The number of rotatable bonds is 9. The predicted octanol–water partition coefficient (Wildman–Crippen LogP) is 1.44. The van der Waals surface area contributed by atoms with Crippen molar-refractivity contribution in [2.75, 3.05) is 40.0 Å². The number of methoxy groups -OCH3 is 1. The van der Waals surface area contributed by atoms with Crippen molar-refractivity contribution in [1.29, 1.82) is 0 Å². The molecule has 1 aliphatic heterocycles. The highest BCUT2D eigenvalue weighted by Gasteiger charge is 2.40. The molecule has 0 aliphatic carbocycles. The van der Waals surface area contributed by atoms with Crippen LogP contribution in [0.3, 0.4) is 0 Å². The maximum absolute atomic E-state index is 12.2. The molecular formula is C25H35ClNO3-. The zero-order valence-electron chi connectivity index (χ0n) is 18.4. The fraction of sp³-hybridized carbons (Fsp3) is 0.520. The van der Waals surface area contributed by atoms with E-state index >= 15 is 0 Å². The minimum atomic E-state index is -0.948. The second-order valence-corrected chi connectivity index (χ2v) is 8.46. The van der Waals surface area contributed by atoms with Crippen LogP contribution in [0.15, 0.2) is 54.6 Å². The summed E-state index contributed by atoms with van der Waals surface area (Å²) in [5, 5.41) is 12.2. The van der Waals surface area contributed by atoms with Gasteiger partial charge in [-0.1, -0.05) is 56.3 Å². The van der Waals surface area contributed by atoms with Crippen molar-refractivity contribution in [2.45, 2.75) is 38.2 Å². The molecule has 1 N–H and O–H groups in total. The average molecular weight is 433 g/mol. The molecule has 2 atom stereocenters. The monoisotopic (exact) mass is 432 g/mol. The van der Waals surface area contributed by atoms with Crippen molar-refractivity contribution < 1.29 is 27.0 Å². The Balaban J connectivity index is 0.00000320. The maximum Gasteiger partial charge on any atom is 0.118 e. The molecule has 0 saturated carbocycles. The van der Waals surface area contributed by atoms with E-state index in [-0.39, 0.29) is 18.3 Å². The largest absolute Gasteiger partial charge is 1.00 e. The molecule has 30 heavy (non-hydrogen) atoms. The third-order valence-electron chi connectivity index (χ3n) is 6.02. The second kappa shape index (κ2) is 11.7. The molecule has 2 unspecified atom stereocenters. The summed E-state index contributed by atoms with van der Waals surface area (Å²) in [5.41, 5.74) is 1.19. The Morgan fingerprint density at radius 2 is 1.67 bits per heavy atom. The van der Waals surface area contributed by atoms with Gasteiger partial charge in [-0.25, -0.2) is 0 Å². The third-order valence-corrected chi connectivity index (χ3v) is 6.02. The van der Waals surface area contributed by atoms with Crippen LogP contribution in [0.25, 0.3) is 0 Å². The van der Waals surface area contributed by atoms with Crippen molar-refractivity contribution >= 4 is 0 Å². The van der Waals surface area contributed by atoms with Gasteiger partial charge in [-0.15, -0.1) is 0 Å². The first-order chi connectivity index (χ1) is 14.0. The van der Waals surface area contributed by atoms with Gasteiger partial charge in [-0.3, -0.25) is 4.90 Å². The number of hydrogen-bond donors (Lipinski definition) is 1. The van der Waals surface area contributed by atoms with Crippen molar-refractivity contribution in [1.82, 2.24) is 4.90 Å². The SMILES string of the molecule is COc1ccc(C(O)(CCC(C)C)C(CN2CCOCC2)c2ccccc2)cc1.[Cl-]. The molecule has 0 radical (unpaired) electrons. The molecule has 2 aromatic carbocycles. The Bertz CT molecular complexity index is 732. The first kappa shape index (κ1) is 24.7. The Hall–Kier alpha value is -1.59. The molecule has 1 heterocycles. The third kappa shape index (κ3) is 6.21. The lowest BCUT2D eigenvalue weighted by Gasteiger charge is -2.41. The smallest absolute Gasteiger partial charge is 0.118 e. The predicted molar refractivity (Wildman–Crippen MR) is 117 cm³/mol. The van der Waals surface area contributed by atoms with Crippen LogP contribution in [-0.4, -0.2) is 50.0 Å². The number of nitrogens with zero attached hydrogens (tertiary/aromatic N) is 1. The fourth-order valence-electron chi connectivity index (χ4n) is 4.17. The van der Waals surface area contributed by atoms with Gasteiger partial charge in [0, 0.05) is 25.6 Å². The standard InChI is InChI=1S/C25H35NO3.ClH/c1-20(2)13-14-25(27,22-9-11-23(28-3)12-10-22)24(21-7-5-4-6-8-21)19-26-15-17-29-18-16-26;/h4-12,20,24,27H,13-19H2,1-3H3;1H/p-1. The summed E-state index contributed by atoms with van der Waals surface area (Å²) in [5.74, 6) is 1.32. The Morgan fingerprint density at radius 3 is 2.23 bits per heavy atom. The fourth-order valence-corrected chi connectivity index (χ4v) is 4.17. The Kier molecular flexibility index (Phi) is 9.63. The highest BCUT2D eigenvalue weighted by Crippen LogP contribution is 2.42. The normalized spacial score (nSPS) is 17.8. The molecule has 2 aromatic rings. The summed E-state index contributed by atoms with van der Waals surface area (Å²) < 4.78 is 10.9. The lowest BCUT2D eigenvalue weighted by Crippen LogP contribution is -3.00. The number of hydrogen-bond acceptors (Lipinski definition) is 4. The lowest BCUT2D eigenvalue weighted by molar-refractivity contribution is -0.0311. The van der Waals surface area contributed by atoms with E-state index in [0.29, 0.717) is 5.92 Å². The van der Waals surface area contributed by atoms with Crippen LogP contribution in [0.4, 0.5) is 0 Å². The van der Waals surface area contributed by atoms with Crippen LogP contribution in [-0.2, 0) is 10.3 Å². The molecular weight excluding hydrogens is 398 g/mol. The molecule has 1 aliphatic rings. The second-order valence-electron chi connectivity index (χ2n) is 8.46. The number of aliphatic hydroxyl groups is 1. The van der Waals surface area contributed by atoms with Crippen LogP contribution in [0.2, 0.25) is 0 Å². The van der Waals surface area contributed by atoms with Gasteiger partial charge in [0.2, 0.25) is 0 Å². The zero-order chi connectivity index (χ0) is 20.7. The first-order valence-corrected chi connectivity index (χ1v) is 10.7. The van der Waals surface area contributed by atoms with Gasteiger partial charge < -0.3 is 27.0 Å². The molecule has 0 amide bonds. The molecule has 0 spiro atoms. The van der Waals surface area contributed by atoms with Crippen molar-refractivity contribution in [3.63, 3.8) is 0 Å². The molecule has 4 nitrogen and oxygen atoms in total. The van der Waals surface area contributed by atoms with Gasteiger partial charge in [0.05, 0.1) is 25.9 Å². The van der Waals surface area contributed by atoms with Gasteiger partial charge in [-0.05, 0) is 42.0 Å². The van der Waals surface area contributed by atoms with E-state index in [0.717, 1.165) is 57.0 Å². The molecule has 3 rings (SSSR count). The van der Waals surface area contributed by atoms with Crippen LogP contribution >= 0.6 is 0 Å². The molecule has 1 fully saturated rings. The summed E-state index contributed by atoms with van der Waals surface area (Å²) in [4.78, 5) is 2.42. The van der Waals surface area contributed by atoms with Gasteiger partial charge in [0.1, 0.15) is 5.75 Å². The van der Waals surface area contributed by atoms with Gasteiger partial charge in [0.25, 0.3) is 0 Å². The van der Waals surface area contributed by atoms with Crippen LogP contribution < -0.4 is 17.1 Å². The van der Waals surface area contributed by atoms with Crippen LogP contribution in [0.5, 0.6) is 5.75 Å². The van der Waals surface area contributed by atoms with Gasteiger partial charge in [0.15, 0.2) is 0 Å². The summed E-state index contributed by atoms with van der Waals surface area (Å²) >= 11 is 0. The average Bonchev–Trinajstić information content (AvgIpc) is 2.77. The first-order valence-electron chi connectivity index (χ1n) is 10.7. The number of halogens is 1. The molecule has 0 aromatic heterocycles. The summed E-state index contributed by atoms with van der Waals surface area (Å²) in [7, 11) is 1.67. The summed E-state index contributed by atoms with van der Waals surface area (Å²) in [6, 6.07) is 18.4. The lowest BCUT2D eigenvalue weighted by atomic mass is 9.73. The highest BCUT2D eigenvalue weighted by atomic mass is 35.5. The molecule has 1 saturated heterocycles. The minimum Gasteiger partial charge on any atom is -1.00 e. The van der Waals surface area contributed by atoms with E-state index in [2.05, 4.69) is 43.0 Å². The molecule has 5 heteroatoms.